The molecule has 0 saturated heterocycles. The van der Waals surface area contributed by atoms with Crippen molar-refractivity contribution >= 4 is 11.9 Å². The van der Waals surface area contributed by atoms with Crippen LogP contribution in [0.4, 0.5) is 0 Å². The zero-order chi connectivity index (χ0) is 10.6. The molecule has 2 atom stereocenters. The Morgan fingerprint density at radius 2 is 2.14 bits per heavy atom. The Balaban J connectivity index is 2.45. The Bertz CT molecular complexity index is 280. The molecule has 2 unspecified atom stereocenters. The van der Waals surface area contributed by atoms with Crippen LogP contribution in [0.2, 0.25) is 0 Å². The molecule has 0 aromatic rings. The number of hydrogen-bond donors (Lipinski definition) is 2. The minimum atomic E-state index is -0.787. The van der Waals surface area contributed by atoms with E-state index in [2.05, 4.69) is 5.32 Å². The van der Waals surface area contributed by atoms with Crippen LogP contribution in [0.25, 0.3) is 0 Å². The van der Waals surface area contributed by atoms with Crippen molar-refractivity contribution in [1.29, 1.82) is 0 Å². The van der Waals surface area contributed by atoms with Crippen molar-refractivity contribution in [2.75, 3.05) is 0 Å². The first-order valence-electron chi connectivity index (χ1n) is 4.63. The van der Waals surface area contributed by atoms with Gasteiger partial charge < -0.3 is 10.4 Å². The lowest BCUT2D eigenvalue weighted by atomic mass is 9.86. The van der Waals surface area contributed by atoms with Crippen LogP contribution in [0.1, 0.15) is 25.7 Å². The van der Waals surface area contributed by atoms with E-state index in [0.29, 0.717) is 12.8 Å². The molecule has 1 saturated carbocycles. The van der Waals surface area contributed by atoms with Gasteiger partial charge in [-0.3, -0.25) is 9.59 Å². The molecule has 1 aliphatic carbocycles. The lowest BCUT2D eigenvalue weighted by Gasteiger charge is -2.26. The fourth-order valence-corrected chi connectivity index (χ4v) is 1.77. The normalized spacial score (nSPS) is 26.2. The van der Waals surface area contributed by atoms with Crippen molar-refractivity contribution in [1.82, 2.24) is 5.32 Å². The lowest BCUT2D eigenvalue weighted by molar-refractivity contribution is -0.143. The molecule has 0 radical (unpaired) electrons. The largest absolute Gasteiger partial charge is 0.481 e. The van der Waals surface area contributed by atoms with Gasteiger partial charge in [-0.1, -0.05) is 6.42 Å². The highest BCUT2D eigenvalue weighted by molar-refractivity contribution is 5.93. The highest BCUT2D eigenvalue weighted by atomic mass is 16.4. The molecule has 1 fully saturated rings. The van der Waals surface area contributed by atoms with Gasteiger partial charge in [0, 0.05) is 6.04 Å². The van der Waals surface area contributed by atoms with Crippen LogP contribution >= 0.6 is 0 Å². The van der Waals surface area contributed by atoms with Crippen LogP contribution in [0, 0.1) is 18.3 Å². The molecule has 2 N–H and O–H groups in total. The summed E-state index contributed by atoms with van der Waals surface area (Å²) in [5, 5.41) is 11.4. The number of rotatable bonds is 2. The predicted molar refractivity (Wildman–Crippen MR) is 50.4 cm³/mol. The van der Waals surface area contributed by atoms with Crippen molar-refractivity contribution < 1.29 is 14.7 Å². The van der Waals surface area contributed by atoms with E-state index in [1.54, 1.807) is 0 Å². The summed E-state index contributed by atoms with van der Waals surface area (Å²) >= 11 is 0. The summed E-state index contributed by atoms with van der Waals surface area (Å²) in [6.07, 6.45) is 7.73. The number of carboxylic acid groups (broad SMARTS) is 1. The fourth-order valence-electron chi connectivity index (χ4n) is 1.77. The Hall–Kier alpha value is -1.50. The van der Waals surface area contributed by atoms with Crippen LogP contribution < -0.4 is 5.32 Å². The molecule has 0 heterocycles. The number of aliphatic carboxylic acids is 1. The summed E-state index contributed by atoms with van der Waals surface area (Å²) in [5.41, 5.74) is 0. The number of nitrogens with one attached hydrogen (secondary N) is 1. The van der Waals surface area contributed by atoms with Gasteiger partial charge in [0.1, 0.15) is 0 Å². The van der Waals surface area contributed by atoms with Crippen molar-refractivity contribution in [3.8, 4) is 12.3 Å². The molecule has 0 aromatic carbocycles. The average molecular weight is 195 g/mol. The summed E-state index contributed by atoms with van der Waals surface area (Å²) in [4.78, 5) is 21.6. The SMILES string of the molecule is C#CC(=O)NC1CCCC(C(=O)O)C1. The molecule has 1 rings (SSSR count). The Labute approximate surface area is 82.7 Å². The Morgan fingerprint density at radius 3 is 2.71 bits per heavy atom. The molecular formula is C10H13NO3. The van der Waals surface area contributed by atoms with Crippen molar-refractivity contribution in [3.05, 3.63) is 0 Å². The smallest absolute Gasteiger partial charge is 0.306 e. The second-order valence-electron chi connectivity index (χ2n) is 3.52. The van der Waals surface area contributed by atoms with E-state index < -0.39 is 11.9 Å². The maximum atomic E-state index is 10.9. The van der Waals surface area contributed by atoms with Crippen LogP contribution in [-0.4, -0.2) is 23.0 Å². The summed E-state index contributed by atoms with van der Waals surface area (Å²) in [5.74, 6) is 0.373. The average Bonchev–Trinajstić information content (AvgIpc) is 2.18. The number of carbonyl (C=O) groups is 2. The molecular weight excluding hydrogens is 182 g/mol. The monoisotopic (exact) mass is 195 g/mol. The van der Waals surface area contributed by atoms with Gasteiger partial charge >= 0.3 is 5.97 Å². The quantitative estimate of drug-likeness (QED) is 0.626. The third-order valence-electron chi connectivity index (χ3n) is 2.49. The highest BCUT2D eigenvalue weighted by Crippen LogP contribution is 2.24. The van der Waals surface area contributed by atoms with E-state index in [9.17, 15) is 9.59 Å². The number of hydrogen-bond acceptors (Lipinski definition) is 2. The number of amides is 1. The molecule has 0 aromatic heterocycles. The maximum Gasteiger partial charge on any atom is 0.306 e. The summed E-state index contributed by atoms with van der Waals surface area (Å²) in [6.45, 7) is 0. The maximum absolute atomic E-state index is 10.9. The first kappa shape index (κ1) is 10.6. The molecule has 0 aliphatic heterocycles. The fraction of sp³-hybridized carbons (Fsp3) is 0.600. The van der Waals surface area contributed by atoms with Crippen LogP contribution in [0.15, 0.2) is 0 Å². The van der Waals surface area contributed by atoms with Crippen molar-refractivity contribution in [2.24, 2.45) is 5.92 Å². The second-order valence-corrected chi connectivity index (χ2v) is 3.52. The summed E-state index contributed by atoms with van der Waals surface area (Å²) < 4.78 is 0. The molecule has 4 heteroatoms. The van der Waals surface area contributed by atoms with Gasteiger partial charge in [-0.2, -0.15) is 0 Å². The molecule has 14 heavy (non-hydrogen) atoms. The summed E-state index contributed by atoms with van der Waals surface area (Å²) in [6, 6.07) is -0.0756. The minimum absolute atomic E-state index is 0.0756. The highest BCUT2D eigenvalue weighted by Gasteiger charge is 2.27. The molecule has 0 bridgehead atoms. The first-order chi connectivity index (χ1) is 6.63. The van der Waals surface area contributed by atoms with Crippen LogP contribution in [-0.2, 0) is 9.59 Å². The van der Waals surface area contributed by atoms with Gasteiger partial charge in [0.25, 0.3) is 5.91 Å². The van der Waals surface area contributed by atoms with Gasteiger partial charge in [0.05, 0.1) is 5.92 Å². The van der Waals surface area contributed by atoms with Gasteiger partial charge in [0.2, 0.25) is 0 Å². The molecule has 4 nitrogen and oxygen atoms in total. The van der Waals surface area contributed by atoms with Gasteiger partial charge in [-0.05, 0) is 25.2 Å². The zero-order valence-corrected chi connectivity index (χ0v) is 7.82. The standard InChI is InChI=1S/C10H13NO3/c1-2-9(12)11-8-5-3-4-7(6-8)10(13)14/h1,7-8H,3-6H2,(H,11,12)(H,13,14). The van der Waals surface area contributed by atoms with Crippen molar-refractivity contribution in [2.45, 2.75) is 31.7 Å². The van der Waals surface area contributed by atoms with E-state index in [1.807, 2.05) is 5.92 Å². The van der Waals surface area contributed by atoms with E-state index in [-0.39, 0.29) is 12.0 Å². The third kappa shape index (κ3) is 2.77. The van der Waals surface area contributed by atoms with E-state index in [1.165, 1.54) is 0 Å². The number of carboxylic acids is 1. The third-order valence-corrected chi connectivity index (χ3v) is 2.49. The van der Waals surface area contributed by atoms with Gasteiger partial charge in [-0.25, -0.2) is 0 Å². The molecule has 1 amide bonds. The predicted octanol–water partition coefficient (Wildman–Crippen LogP) is 0.379. The topological polar surface area (TPSA) is 66.4 Å². The van der Waals surface area contributed by atoms with Gasteiger partial charge in [0.15, 0.2) is 0 Å². The Morgan fingerprint density at radius 1 is 1.43 bits per heavy atom. The van der Waals surface area contributed by atoms with E-state index in [4.69, 9.17) is 11.5 Å². The number of carbonyl (C=O) groups excluding carboxylic acids is 1. The second kappa shape index (κ2) is 4.66. The summed E-state index contributed by atoms with van der Waals surface area (Å²) in [7, 11) is 0. The van der Waals surface area contributed by atoms with Crippen LogP contribution in [0.3, 0.4) is 0 Å². The lowest BCUT2D eigenvalue weighted by Crippen LogP contribution is -2.39. The van der Waals surface area contributed by atoms with Crippen molar-refractivity contribution in [3.63, 3.8) is 0 Å². The van der Waals surface area contributed by atoms with Crippen LogP contribution in [0.5, 0.6) is 0 Å². The Kier molecular flexibility index (Phi) is 3.52. The first-order valence-corrected chi connectivity index (χ1v) is 4.63. The molecule has 1 aliphatic rings. The number of terminal acetylenes is 1. The molecule has 0 spiro atoms. The molecule has 76 valence electrons. The van der Waals surface area contributed by atoms with Gasteiger partial charge in [-0.15, -0.1) is 6.42 Å². The minimum Gasteiger partial charge on any atom is -0.481 e. The zero-order valence-electron chi connectivity index (χ0n) is 7.82. The van der Waals surface area contributed by atoms with E-state index in [0.717, 1.165) is 12.8 Å². The van der Waals surface area contributed by atoms with E-state index >= 15 is 0 Å².